The van der Waals surface area contributed by atoms with Crippen LogP contribution < -0.4 is 11.5 Å². The number of hydrogen-bond acceptors (Lipinski definition) is 2. The van der Waals surface area contributed by atoms with E-state index >= 15 is 0 Å². The van der Waals surface area contributed by atoms with Gasteiger partial charge in [0.05, 0.1) is 0 Å². The molecule has 0 spiro atoms. The van der Waals surface area contributed by atoms with Crippen molar-refractivity contribution < 1.29 is 0 Å². The van der Waals surface area contributed by atoms with Crippen molar-refractivity contribution in [3.63, 3.8) is 0 Å². The van der Waals surface area contributed by atoms with E-state index in [-0.39, 0.29) is 6.04 Å². The van der Waals surface area contributed by atoms with Gasteiger partial charge in [0, 0.05) is 17.3 Å². The first-order chi connectivity index (χ1) is 8.13. The van der Waals surface area contributed by atoms with Gasteiger partial charge in [-0.3, -0.25) is 0 Å². The van der Waals surface area contributed by atoms with Gasteiger partial charge in [0.25, 0.3) is 0 Å². The highest BCUT2D eigenvalue weighted by Crippen LogP contribution is 2.36. The Bertz CT molecular complexity index is 446. The second kappa shape index (κ2) is 4.92. The molecule has 1 atom stereocenters. The molecule has 17 heavy (non-hydrogen) atoms. The molecule has 0 amide bonds. The van der Waals surface area contributed by atoms with Crippen LogP contribution in [-0.2, 0) is 0 Å². The monoisotopic (exact) mass is 230 g/mol. The third-order valence-electron chi connectivity index (χ3n) is 3.69. The van der Waals surface area contributed by atoms with E-state index in [0.29, 0.717) is 0 Å². The maximum atomic E-state index is 6.21. The van der Waals surface area contributed by atoms with E-state index in [9.17, 15) is 0 Å². The van der Waals surface area contributed by atoms with Gasteiger partial charge in [-0.2, -0.15) is 0 Å². The summed E-state index contributed by atoms with van der Waals surface area (Å²) in [5.74, 6) is 0. The second-order valence-electron chi connectivity index (χ2n) is 4.95. The molecular weight excluding hydrogens is 208 g/mol. The smallest absolute Gasteiger partial charge is 0.0390 e. The fourth-order valence-electron chi connectivity index (χ4n) is 2.77. The predicted molar refractivity (Wildman–Crippen MR) is 74.6 cm³/mol. The van der Waals surface area contributed by atoms with E-state index in [2.05, 4.69) is 26.0 Å². The van der Waals surface area contributed by atoms with E-state index in [4.69, 9.17) is 11.5 Å². The van der Waals surface area contributed by atoms with Crippen molar-refractivity contribution in [2.24, 2.45) is 5.73 Å². The zero-order chi connectivity index (χ0) is 12.4. The van der Waals surface area contributed by atoms with Crippen LogP contribution >= 0.6 is 0 Å². The third-order valence-corrected chi connectivity index (χ3v) is 3.69. The van der Waals surface area contributed by atoms with Gasteiger partial charge >= 0.3 is 0 Å². The van der Waals surface area contributed by atoms with Gasteiger partial charge in [-0.1, -0.05) is 18.6 Å². The molecule has 0 saturated heterocycles. The lowest BCUT2D eigenvalue weighted by atomic mass is 9.82. The number of aryl methyl sites for hydroxylation is 1. The van der Waals surface area contributed by atoms with Crippen molar-refractivity contribution in [2.45, 2.75) is 45.6 Å². The number of allylic oxidation sites excluding steroid dienone is 1. The predicted octanol–water partition coefficient (Wildman–Crippen LogP) is 3.25. The molecular formula is C15H22N2. The minimum absolute atomic E-state index is 0.226. The molecule has 1 aromatic rings. The Hall–Kier alpha value is -1.28. The molecule has 2 nitrogen and oxygen atoms in total. The number of rotatable bonds is 2. The third kappa shape index (κ3) is 2.37. The van der Waals surface area contributed by atoms with Gasteiger partial charge in [0.15, 0.2) is 0 Å². The maximum absolute atomic E-state index is 6.21. The molecule has 0 saturated carbocycles. The van der Waals surface area contributed by atoms with Gasteiger partial charge in [-0.05, 0) is 55.9 Å². The normalized spacial score (nSPS) is 20.8. The first kappa shape index (κ1) is 12.2. The summed E-state index contributed by atoms with van der Waals surface area (Å²) in [5.41, 5.74) is 18.5. The van der Waals surface area contributed by atoms with E-state index < -0.39 is 0 Å². The molecule has 0 heterocycles. The molecule has 4 N–H and O–H groups in total. The summed E-state index contributed by atoms with van der Waals surface area (Å²) in [5, 5.41) is 0. The summed E-state index contributed by atoms with van der Waals surface area (Å²) < 4.78 is 0. The molecule has 2 rings (SSSR count). The van der Waals surface area contributed by atoms with Crippen LogP contribution in [0.25, 0.3) is 5.57 Å². The Kier molecular flexibility index (Phi) is 3.53. The second-order valence-corrected chi connectivity index (χ2v) is 4.95. The Morgan fingerprint density at radius 3 is 2.82 bits per heavy atom. The van der Waals surface area contributed by atoms with Gasteiger partial charge in [0.1, 0.15) is 0 Å². The van der Waals surface area contributed by atoms with Crippen molar-refractivity contribution in [1.29, 1.82) is 0 Å². The average Bonchev–Trinajstić information content (AvgIpc) is 2.32. The number of benzene rings is 1. The van der Waals surface area contributed by atoms with Gasteiger partial charge in [0.2, 0.25) is 0 Å². The average molecular weight is 230 g/mol. The quantitative estimate of drug-likeness (QED) is 0.766. The Morgan fingerprint density at radius 1 is 1.35 bits per heavy atom. The lowest BCUT2D eigenvalue weighted by Crippen LogP contribution is -2.26. The number of nitrogens with two attached hydrogens (primary N) is 2. The van der Waals surface area contributed by atoms with Gasteiger partial charge in [-0.25, -0.2) is 0 Å². The van der Waals surface area contributed by atoms with Gasteiger partial charge < -0.3 is 11.5 Å². The van der Waals surface area contributed by atoms with Crippen LogP contribution in [0.15, 0.2) is 23.8 Å². The molecule has 0 bridgehead atoms. The van der Waals surface area contributed by atoms with Crippen LogP contribution in [0.2, 0.25) is 0 Å². The highest BCUT2D eigenvalue weighted by atomic mass is 14.6. The van der Waals surface area contributed by atoms with Crippen LogP contribution in [0.3, 0.4) is 0 Å². The van der Waals surface area contributed by atoms with Crippen molar-refractivity contribution in [3.05, 3.63) is 34.9 Å². The van der Waals surface area contributed by atoms with Crippen molar-refractivity contribution in [1.82, 2.24) is 0 Å². The maximum Gasteiger partial charge on any atom is 0.0390 e. The molecule has 1 aliphatic rings. The summed E-state index contributed by atoms with van der Waals surface area (Å²) in [7, 11) is 0. The van der Waals surface area contributed by atoms with E-state index in [1.807, 2.05) is 6.07 Å². The molecule has 0 fully saturated rings. The van der Waals surface area contributed by atoms with Crippen LogP contribution in [0.5, 0.6) is 0 Å². The van der Waals surface area contributed by atoms with Crippen molar-refractivity contribution >= 4 is 11.3 Å². The Labute approximate surface area is 104 Å². The van der Waals surface area contributed by atoms with Crippen LogP contribution in [-0.4, -0.2) is 6.04 Å². The molecule has 92 valence electrons. The number of hydrogen-bond donors (Lipinski definition) is 2. The van der Waals surface area contributed by atoms with E-state index in [1.54, 1.807) is 0 Å². The van der Waals surface area contributed by atoms with Gasteiger partial charge in [-0.15, -0.1) is 0 Å². The molecule has 2 heteroatoms. The lowest BCUT2D eigenvalue weighted by Gasteiger charge is -2.26. The number of nitrogen functional groups attached to an aromatic ring is 1. The van der Waals surface area contributed by atoms with Crippen molar-refractivity contribution in [2.75, 3.05) is 5.73 Å². The summed E-state index contributed by atoms with van der Waals surface area (Å²) in [6.45, 7) is 4.30. The molecule has 0 aliphatic heterocycles. The summed E-state index contributed by atoms with van der Waals surface area (Å²) >= 11 is 0. The molecule has 0 aromatic heterocycles. The van der Waals surface area contributed by atoms with E-state index in [0.717, 1.165) is 24.9 Å². The molecule has 1 aromatic carbocycles. The Morgan fingerprint density at radius 2 is 2.12 bits per heavy atom. The summed E-state index contributed by atoms with van der Waals surface area (Å²) in [4.78, 5) is 0. The highest BCUT2D eigenvalue weighted by molar-refractivity contribution is 5.78. The SMILES string of the molecule is CCC1=C(c2cc(C)ccc2N)CCCC1N. The summed E-state index contributed by atoms with van der Waals surface area (Å²) in [6.07, 6.45) is 4.43. The minimum atomic E-state index is 0.226. The molecule has 1 aliphatic carbocycles. The topological polar surface area (TPSA) is 52.0 Å². The first-order valence-corrected chi connectivity index (χ1v) is 6.47. The summed E-state index contributed by atoms with van der Waals surface area (Å²) in [6, 6.07) is 6.49. The zero-order valence-corrected chi connectivity index (χ0v) is 10.8. The van der Waals surface area contributed by atoms with E-state index in [1.165, 1.54) is 28.7 Å². The van der Waals surface area contributed by atoms with Crippen LogP contribution in [0, 0.1) is 6.92 Å². The molecule has 1 unspecified atom stereocenters. The van der Waals surface area contributed by atoms with Crippen molar-refractivity contribution in [3.8, 4) is 0 Å². The highest BCUT2D eigenvalue weighted by Gasteiger charge is 2.20. The number of anilines is 1. The lowest BCUT2D eigenvalue weighted by molar-refractivity contribution is 0.610. The fourth-order valence-corrected chi connectivity index (χ4v) is 2.77. The largest absolute Gasteiger partial charge is 0.398 e. The van der Waals surface area contributed by atoms with Crippen LogP contribution in [0.1, 0.15) is 43.7 Å². The van der Waals surface area contributed by atoms with Crippen LogP contribution in [0.4, 0.5) is 5.69 Å². The fraction of sp³-hybridized carbons (Fsp3) is 0.467. The first-order valence-electron chi connectivity index (χ1n) is 6.47. The molecule has 0 radical (unpaired) electrons. The Balaban J connectivity index is 2.53. The standard InChI is InChI=1S/C15H22N2/c1-3-11-12(5-4-6-14(11)16)13-9-10(2)7-8-15(13)17/h7-9,14H,3-6,16-17H2,1-2H3. The minimum Gasteiger partial charge on any atom is -0.398 e. The zero-order valence-electron chi connectivity index (χ0n) is 10.8.